The second-order valence-electron chi connectivity index (χ2n) is 5.81. The summed E-state index contributed by atoms with van der Waals surface area (Å²) in [4.78, 5) is 0.429. The van der Waals surface area contributed by atoms with Crippen molar-refractivity contribution in [2.45, 2.75) is 51.5 Å². The molecule has 1 aliphatic carbocycles. The monoisotopic (exact) mass is 296 g/mol. The first kappa shape index (κ1) is 15.3. The van der Waals surface area contributed by atoms with Crippen LogP contribution in [0.3, 0.4) is 0 Å². The number of hydrogen-bond donors (Lipinski definition) is 2. The van der Waals surface area contributed by atoms with Crippen LogP contribution in [0.4, 0.5) is 5.69 Å². The SMILES string of the molecule is CCCNc1cc(C)c(S(=O)(=O)NC2CC2C)c(C)c1. The largest absolute Gasteiger partial charge is 0.385 e. The van der Waals surface area contributed by atoms with Crippen molar-refractivity contribution in [3.8, 4) is 0 Å². The van der Waals surface area contributed by atoms with Gasteiger partial charge in [0.25, 0.3) is 0 Å². The van der Waals surface area contributed by atoms with Crippen molar-refractivity contribution in [1.82, 2.24) is 4.72 Å². The first-order valence-corrected chi connectivity index (χ1v) is 8.71. The van der Waals surface area contributed by atoms with Crippen LogP contribution in [0.15, 0.2) is 17.0 Å². The highest BCUT2D eigenvalue weighted by Crippen LogP contribution is 2.32. The summed E-state index contributed by atoms with van der Waals surface area (Å²) in [6.07, 6.45) is 1.98. The number of sulfonamides is 1. The van der Waals surface area contributed by atoms with Crippen LogP contribution in [0.1, 0.15) is 37.8 Å². The van der Waals surface area contributed by atoms with Gasteiger partial charge in [-0.25, -0.2) is 13.1 Å². The fraction of sp³-hybridized carbons (Fsp3) is 0.600. The third-order valence-electron chi connectivity index (χ3n) is 3.72. The van der Waals surface area contributed by atoms with Crippen LogP contribution in [0, 0.1) is 19.8 Å². The van der Waals surface area contributed by atoms with Crippen LogP contribution in [0.5, 0.6) is 0 Å². The molecule has 0 bridgehead atoms. The molecule has 2 unspecified atom stereocenters. The topological polar surface area (TPSA) is 58.2 Å². The maximum Gasteiger partial charge on any atom is 0.241 e. The molecule has 1 aromatic carbocycles. The zero-order chi connectivity index (χ0) is 14.9. The van der Waals surface area contributed by atoms with Gasteiger partial charge >= 0.3 is 0 Å². The summed E-state index contributed by atoms with van der Waals surface area (Å²) >= 11 is 0. The molecule has 0 radical (unpaired) electrons. The molecule has 1 aromatic rings. The van der Waals surface area contributed by atoms with Crippen molar-refractivity contribution in [2.24, 2.45) is 5.92 Å². The molecule has 2 N–H and O–H groups in total. The van der Waals surface area contributed by atoms with E-state index >= 15 is 0 Å². The fourth-order valence-electron chi connectivity index (χ4n) is 2.49. The molecule has 1 saturated carbocycles. The van der Waals surface area contributed by atoms with Crippen LogP contribution in [0.2, 0.25) is 0 Å². The van der Waals surface area contributed by atoms with Crippen molar-refractivity contribution in [1.29, 1.82) is 0 Å². The summed E-state index contributed by atoms with van der Waals surface area (Å²) in [6, 6.07) is 3.93. The van der Waals surface area contributed by atoms with E-state index in [1.807, 2.05) is 26.0 Å². The van der Waals surface area contributed by atoms with E-state index in [1.165, 1.54) is 0 Å². The van der Waals surface area contributed by atoms with E-state index in [2.05, 4.69) is 23.9 Å². The van der Waals surface area contributed by atoms with Crippen LogP contribution >= 0.6 is 0 Å². The van der Waals surface area contributed by atoms with E-state index in [-0.39, 0.29) is 6.04 Å². The highest BCUT2D eigenvalue weighted by molar-refractivity contribution is 7.89. The molecule has 0 aromatic heterocycles. The van der Waals surface area contributed by atoms with Gasteiger partial charge in [0.2, 0.25) is 10.0 Å². The molecule has 2 atom stereocenters. The first-order valence-electron chi connectivity index (χ1n) is 7.22. The second kappa shape index (κ2) is 5.74. The Labute approximate surface area is 122 Å². The van der Waals surface area contributed by atoms with Gasteiger partial charge in [-0.3, -0.25) is 0 Å². The van der Waals surface area contributed by atoms with E-state index in [1.54, 1.807) is 0 Å². The molecule has 0 aliphatic heterocycles. The lowest BCUT2D eigenvalue weighted by Gasteiger charge is -2.14. The molecule has 1 aliphatic rings. The van der Waals surface area contributed by atoms with Gasteiger partial charge in [0.05, 0.1) is 4.90 Å². The number of rotatable bonds is 6. The smallest absolute Gasteiger partial charge is 0.241 e. The van der Waals surface area contributed by atoms with E-state index in [9.17, 15) is 8.42 Å². The third kappa shape index (κ3) is 3.33. The molecule has 1 fully saturated rings. The summed E-state index contributed by atoms with van der Waals surface area (Å²) < 4.78 is 27.7. The van der Waals surface area contributed by atoms with Crippen LogP contribution < -0.4 is 10.0 Å². The van der Waals surface area contributed by atoms with Crippen molar-refractivity contribution >= 4 is 15.7 Å². The first-order chi connectivity index (χ1) is 9.35. The predicted octanol–water partition coefficient (Wildman–Crippen LogP) is 2.81. The highest BCUT2D eigenvalue weighted by atomic mass is 32.2. The normalized spacial score (nSPS) is 21.8. The highest BCUT2D eigenvalue weighted by Gasteiger charge is 2.37. The van der Waals surface area contributed by atoms with E-state index in [4.69, 9.17) is 0 Å². The zero-order valence-corrected chi connectivity index (χ0v) is 13.5. The summed E-state index contributed by atoms with van der Waals surface area (Å²) in [7, 11) is -3.41. The van der Waals surface area contributed by atoms with Gasteiger partial charge in [-0.15, -0.1) is 0 Å². The molecule has 2 rings (SSSR count). The number of aryl methyl sites for hydroxylation is 2. The lowest BCUT2D eigenvalue weighted by molar-refractivity contribution is 0.577. The Morgan fingerprint density at radius 2 is 1.80 bits per heavy atom. The van der Waals surface area contributed by atoms with E-state index < -0.39 is 10.0 Å². The van der Waals surface area contributed by atoms with Crippen molar-refractivity contribution < 1.29 is 8.42 Å². The van der Waals surface area contributed by atoms with Crippen LogP contribution in [0.25, 0.3) is 0 Å². The standard InChI is InChI=1S/C15H24N2O2S/c1-5-6-16-13-7-11(3)15(12(4)8-13)20(18,19)17-14-9-10(14)2/h7-8,10,14,16-17H,5-6,9H2,1-4H3. The summed E-state index contributed by atoms with van der Waals surface area (Å²) in [5, 5.41) is 3.30. The molecule has 5 heteroatoms. The minimum Gasteiger partial charge on any atom is -0.385 e. The van der Waals surface area contributed by atoms with E-state index in [0.717, 1.165) is 36.2 Å². The Balaban J connectivity index is 2.27. The fourth-order valence-corrected chi connectivity index (χ4v) is 4.30. The maximum absolute atomic E-state index is 12.5. The Morgan fingerprint density at radius 1 is 1.25 bits per heavy atom. The average Bonchev–Trinajstić information content (AvgIpc) is 2.99. The second-order valence-corrected chi connectivity index (χ2v) is 7.46. The molecular weight excluding hydrogens is 272 g/mol. The van der Waals surface area contributed by atoms with Gasteiger partial charge in [0.15, 0.2) is 0 Å². The molecule has 112 valence electrons. The minimum absolute atomic E-state index is 0.108. The minimum atomic E-state index is -3.41. The lowest BCUT2D eigenvalue weighted by Crippen LogP contribution is -2.28. The molecule has 0 heterocycles. The number of anilines is 1. The number of benzene rings is 1. The zero-order valence-electron chi connectivity index (χ0n) is 12.7. The maximum atomic E-state index is 12.5. The summed E-state index contributed by atoms with van der Waals surface area (Å²) in [5.74, 6) is 0.455. The predicted molar refractivity (Wildman–Crippen MR) is 82.6 cm³/mol. The van der Waals surface area contributed by atoms with Gasteiger partial charge in [-0.2, -0.15) is 0 Å². The van der Waals surface area contributed by atoms with Gasteiger partial charge in [0, 0.05) is 18.3 Å². The molecule has 0 amide bonds. The van der Waals surface area contributed by atoms with Crippen molar-refractivity contribution in [3.63, 3.8) is 0 Å². The van der Waals surface area contributed by atoms with Gasteiger partial charge < -0.3 is 5.32 Å². The number of hydrogen-bond acceptors (Lipinski definition) is 3. The summed E-state index contributed by atoms with van der Waals surface area (Å²) in [5.41, 5.74) is 2.58. The van der Waals surface area contributed by atoms with Crippen molar-refractivity contribution in [2.75, 3.05) is 11.9 Å². The molecular formula is C15H24N2O2S. The van der Waals surface area contributed by atoms with Crippen LogP contribution in [-0.4, -0.2) is 21.0 Å². The summed E-state index contributed by atoms with van der Waals surface area (Å²) in [6.45, 7) is 8.77. The van der Waals surface area contributed by atoms with Gasteiger partial charge in [-0.05, 0) is 55.9 Å². The van der Waals surface area contributed by atoms with Gasteiger partial charge in [0.1, 0.15) is 0 Å². The van der Waals surface area contributed by atoms with E-state index in [0.29, 0.717) is 10.8 Å². The van der Waals surface area contributed by atoms with Crippen molar-refractivity contribution in [3.05, 3.63) is 23.3 Å². The van der Waals surface area contributed by atoms with Crippen LogP contribution in [-0.2, 0) is 10.0 Å². The Hall–Kier alpha value is -1.07. The molecule has 20 heavy (non-hydrogen) atoms. The molecule has 0 saturated heterocycles. The molecule has 0 spiro atoms. The van der Waals surface area contributed by atoms with Gasteiger partial charge in [-0.1, -0.05) is 13.8 Å². The average molecular weight is 296 g/mol. The quantitative estimate of drug-likeness (QED) is 0.848. The third-order valence-corrected chi connectivity index (χ3v) is 5.52. The molecule has 4 nitrogen and oxygen atoms in total. The lowest BCUT2D eigenvalue weighted by atomic mass is 10.1. The Bertz CT molecular complexity index is 573. The number of nitrogens with one attached hydrogen (secondary N) is 2. The Morgan fingerprint density at radius 3 is 2.25 bits per heavy atom. The Kier molecular flexibility index (Phi) is 4.39.